The van der Waals surface area contributed by atoms with Crippen molar-refractivity contribution in [1.29, 1.82) is 0 Å². The van der Waals surface area contributed by atoms with E-state index in [2.05, 4.69) is 26.6 Å². The van der Waals surface area contributed by atoms with Crippen molar-refractivity contribution in [1.82, 2.24) is 9.97 Å². The Balaban J connectivity index is 2.78. The molecule has 0 unspecified atom stereocenters. The normalized spacial score (nSPS) is 9.21. The molecular formula is C9H11N3O2. The molecule has 0 atom stereocenters. The van der Waals surface area contributed by atoms with Gasteiger partial charge in [-0.05, 0) is 6.07 Å². The molecule has 1 heterocycles. The molecule has 74 valence electrons. The highest BCUT2D eigenvalue weighted by Gasteiger charge is 2.07. The molecule has 5 nitrogen and oxygen atoms in total. The van der Waals surface area contributed by atoms with Gasteiger partial charge in [0.2, 0.25) is 5.95 Å². The second kappa shape index (κ2) is 4.96. The number of nitrogens with one attached hydrogen (secondary N) is 1. The number of hydrogen-bond acceptors (Lipinski definition) is 5. The molecule has 1 N–H and O–H groups in total. The van der Waals surface area contributed by atoms with E-state index in [4.69, 9.17) is 0 Å². The van der Waals surface area contributed by atoms with Crippen LogP contribution in [0, 0.1) is 0 Å². The highest BCUT2D eigenvalue weighted by molar-refractivity contribution is 5.87. The van der Waals surface area contributed by atoms with Crippen molar-refractivity contribution in [3.63, 3.8) is 0 Å². The van der Waals surface area contributed by atoms with Gasteiger partial charge in [0.25, 0.3) is 0 Å². The molecule has 1 aromatic heterocycles. The number of hydrogen-bond donors (Lipinski definition) is 1. The monoisotopic (exact) mass is 193 g/mol. The zero-order chi connectivity index (χ0) is 10.4. The third-order valence-electron chi connectivity index (χ3n) is 1.45. The van der Waals surface area contributed by atoms with E-state index in [-0.39, 0.29) is 5.69 Å². The summed E-state index contributed by atoms with van der Waals surface area (Å²) in [5.41, 5.74) is 0.231. The topological polar surface area (TPSA) is 64.1 Å². The summed E-state index contributed by atoms with van der Waals surface area (Å²) >= 11 is 0. The van der Waals surface area contributed by atoms with E-state index in [0.29, 0.717) is 12.5 Å². The molecule has 1 rings (SSSR count). The predicted molar refractivity (Wildman–Crippen MR) is 52.1 cm³/mol. The summed E-state index contributed by atoms with van der Waals surface area (Å²) in [6.07, 6.45) is 3.17. The summed E-state index contributed by atoms with van der Waals surface area (Å²) in [6, 6.07) is 1.49. The van der Waals surface area contributed by atoms with Crippen LogP contribution in [0.1, 0.15) is 10.5 Å². The van der Waals surface area contributed by atoms with E-state index in [1.165, 1.54) is 19.4 Å². The molecule has 0 aromatic carbocycles. The molecule has 0 bridgehead atoms. The third kappa shape index (κ3) is 2.55. The number of nitrogens with zero attached hydrogens (tertiary/aromatic N) is 2. The van der Waals surface area contributed by atoms with Crippen LogP contribution in [-0.4, -0.2) is 29.6 Å². The number of methoxy groups -OCH3 is 1. The first-order chi connectivity index (χ1) is 6.77. The Kier molecular flexibility index (Phi) is 3.60. The maximum absolute atomic E-state index is 11.1. The van der Waals surface area contributed by atoms with Crippen molar-refractivity contribution in [2.45, 2.75) is 0 Å². The van der Waals surface area contributed by atoms with Gasteiger partial charge in [-0.15, -0.1) is 6.58 Å². The van der Waals surface area contributed by atoms with Gasteiger partial charge in [0.15, 0.2) is 5.69 Å². The van der Waals surface area contributed by atoms with Crippen LogP contribution in [0.15, 0.2) is 24.9 Å². The average Bonchev–Trinajstić information content (AvgIpc) is 2.25. The van der Waals surface area contributed by atoms with Crippen LogP contribution in [0.4, 0.5) is 5.95 Å². The third-order valence-corrected chi connectivity index (χ3v) is 1.45. The number of esters is 1. The Bertz CT molecular complexity index is 339. The zero-order valence-electron chi connectivity index (χ0n) is 7.86. The summed E-state index contributed by atoms with van der Waals surface area (Å²) in [4.78, 5) is 18.9. The van der Waals surface area contributed by atoms with Gasteiger partial charge in [-0.25, -0.2) is 14.8 Å². The van der Waals surface area contributed by atoms with E-state index in [1.54, 1.807) is 6.08 Å². The smallest absolute Gasteiger partial charge is 0.356 e. The Morgan fingerprint density at radius 1 is 1.79 bits per heavy atom. The molecule has 1 aromatic rings. The lowest BCUT2D eigenvalue weighted by atomic mass is 10.4. The Morgan fingerprint density at radius 3 is 3.21 bits per heavy atom. The number of carbonyl (C=O) groups excluding carboxylic acids is 1. The van der Waals surface area contributed by atoms with Crippen molar-refractivity contribution in [3.05, 3.63) is 30.6 Å². The summed E-state index contributed by atoms with van der Waals surface area (Å²) in [5, 5.41) is 2.87. The van der Waals surface area contributed by atoms with Crippen LogP contribution in [0.3, 0.4) is 0 Å². The SMILES string of the molecule is C=CCNc1nccc(C(=O)OC)n1. The molecule has 0 amide bonds. The lowest BCUT2D eigenvalue weighted by molar-refractivity contribution is 0.0594. The van der Waals surface area contributed by atoms with Crippen LogP contribution < -0.4 is 5.32 Å². The number of aromatic nitrogens is 2. The standard InChI is InChI=1S/C9H11N3O2/c1-3-5-10-9-11-6-4-7(12-9)8(13)14-2/h3-4,6H,1,5H2,2H3,(H,10,11,12). The fourth-order valence-electron chi connectivity index (χ4n) is 0.826. The van der Waals surface area contributed by atoms with Crippen molar-refractivity contribution >= 4 is 11.9 Å². The maximum atomic E-state index is 11.1. The van der Waals surface area contributed by atoms with Crippen LogP contribution in [-0.2, 0) is 4.74 Å². The molecule has 0 radical (unpaired) electrons. The fourth-order valence-corrected chi connectivity index (χ4v) is 0.826. The lowest BCUT2D eigenvalue weighted by Crippen LogP contribution is -2.09. The molecule has 0 aliphatic heterocycles. The first-order valence-electron chi connectivity index (χ1n) is 4.04. The van der Waals surface area contributed by atoms with Crippen molar-refractivity contribution in [3.8, 4) is 0 Å². The summed E-state index contributed by atoms with van der Waals surface area (Å²) in [5.74, 6) is -0.0955. The zero-order valence-corrected chi connectivity index (χ0v) is 7.86. The molecule has 14 heavy (non-hydrogen) atoms. The number of ether oxygens (including phenoxy) is 1. The molecule has 5 heteroatoms. The van der Waals surface area contributed by atoms with Gasteiger partial charge in [0, 0.05) is 12.7 Å². The van der Waals surface area contributed by atoms with Crippen LogP contribution in [0.25, 0.3) is 0 Å². The predicted octanol–water partition coefficient (Wildman–Crippen LogP) is 0.861. The number of anilines is 1. The van der Waals surface area contributed by atoms with Gasteiger partial charge >= 0.3 is 5.97 Å². The lowest BCUT2D eigenvalue weighted by Gasteiger charge is -2.02. The average molecular weight is 193 g/mol. The molecular weight excluding hydrogens is 182 g/mol. The van der Waals surface area contributed by atoms with E-state index in [1.807, 2.05) is 0 Å². The number of carbonyl (C=O) groups is 1. The molecule has 0 spiro atoms. The first-order valence-corrected chi connectivity index (χ1v) is 4.04. The summed E-state index contributed by atoms with van der Waals surface area (Å²) < 4.78 is 4.52. The van der Waals surface area contributed by atoms with Gasteiger partial charge in [0.05, 0.1) is 7.11 Å². The molecule has 0 saturated heterocycles. The minimum absolute atomic E-state index is 0.231. The molecule has 0 saturated carbocycles. The fraction of sp³-hybridized carbons (Fsp3) is 0.222. The van der Waals surface area contributed by atoms with Gasteiger partial charge in [-0.1, -0.05) is 6.08 Å². The summed E-state index contributed by atoms with van der Waals surface area (Å²) in [7, 11) is 1.31. The minimum atomic E-state index is -0.478. The van der Waals surface area contributed by atoms with E-state index < -0.39 is 5.97 Å². The second-order valence-corrected chi connectivity index (χ2v) is 2.43. The minimum Gasteiger partial charge on any atom is -0.464 e. The van der Waals surface area contributed by atoms with Crippen molar-refractivity contribution in [2.75, 3.05) is 19.0 Å². The maximum Gasteiger partial charge on any atom is 0.356 e. The Hall–Kier alpha value is -1.91. The van der Waals surface area contributed by atoms with Gasteiger partial charge in [-0.2, -0.15) is 0 Å². The molecule has 0 aliphatic rings. The van der Waals surface area contributed by atoms with Crippen LogP contribution in [0.5, 0.6) is 0 Å². The first kappa shape index (κ1) is 10.2. The summed E-state index contributed by atoms with van der Waals surface area (Å²) in [6.45, 7) is 4.09. The van der Waals surface area contributed by atoms with Gasteiger partial charge < -0.3 is 10.1 Å². The van der Waals surface area contributed by atoms with E-state index >= 15 is 0 Å². The molecule has 0 aliphatic carbocycles. The number of rotatable bonds is 4. The molecule has 0 fully saturated rings. The Morgan fingerprint density at radius 2 is 2.57 bits per heavy atom. The highest BCUT2D eigenvalue weighted by atomic mass is 16.5. The van der Waals surface area contributed by atoms with Gasteiger partial charge in [-0.3, -0.25) is 0 Å². The van der Waals surface area contributed by atoms with E-state index in [9.17, 15) is 4.79 Å². The Labute approximate surface area is 81.8 Å². The van der Waals surface area contributed by atoms with Crippen LogP contribution in [0.2, 0.25) is 0 Å². The second-order valence-electron chi connectivity index (χ2n) is 2.43. The van der Waals surface area contributed by atoms with Gasteiger partial charge in [0.1, 0.15) is 0 Å². The van der Waals surface area contributed by atoms with Crippen molar-refractivity contribution < 1.29 is 9.53 Å². The largest absolute Gasteiger partial charge is 0.464 e. The highest BCUT2D eigenvalue weighted by Crippen LogP contribution is 2.01. The van der Waals surface area contributed by atoms with Crippen LogP contribution >= 0.6 is 0 Å². The van der Waals surface area contributed by atoms with E-state index in [0.717, 1.165) is 0 Å². The quantitative estimate of drug-likeness (QED) is 0.567. The van der Waals surface area contributed by atoms with Crippen molar-refractivity contribution in [2.24, 2.45) is 0 Å².